The Kier molecular flexibility index (Phi) is 10.7. The van der Waals surface area contributed by atoms with E-state index in [0.29, 0.717) is 19.5 Å². The molecule has 2 aromatic carbocycles. The molecule has 0 fully saturated rings. The van der Waals surface area contributed by atoms with Gasteiger partial charge in [0, 0.05) is 20.0 Å². The van der Waals surface area contributed by atoms with Crippen molar-refractivity contribution in [1.29, 1.82) is 0 Å². The maximum absolute atomic E-state index is 13.5. The molecule has 1 aliphatic rings. The predicted octanol–water partition coefficient (Wildman–Crippen LogP) is 2.87. The van der Waals surface area contributed by atoms with E-state index in [1.165, 1.54) is 16.0 Å². The molecule has 0 saturated carbocycles. The monoisotopic (exact) mass is 506 g/mol. The summed E-state index contributed by atoms with van der Waals surface area (Å²) >= 11 is 0. The van der Waals surface area contributed by atoms with Crippen molar-refractivity contribution in [2.24, 2.45) is 5.92 Å². The van der Waals surface area contributed by atoms with Gasteiger partial charge in [-0.3, -0.25) is 14.4 Å². The van der Waals surface area contributed by atoms with Crippen molar-refractivity contribution >= 4 is 17.7 Å². The van der Waals surface area contributed by atoms with Crippen molar-refractivity contribution < 1.29 is 14.4 Å². The maximum atomic E-state index is 13.5. The van der Waals surface area contributed by atoms with Gasteiger partial charge in [0.1, 0.15) is 12.1 Å². The highest BCUT2D eigenvalue weighted by atomic mass is 16.2. The first kappa shape index (κ1) is 28.4. The fourth-order valence-electron chi connectivity index (χ4n) is 4.73. The van der Waals surface area contributed by atoms with E-state index in [1.807, 2.05) is 42.5 Å². The number of rotatable bonds is 4. The number of nitrogens with zero attached hydrogens (tertiary/aromatic N) is 1. The van der Waals surface area contributed by atoms with Crippen LogP contribution in [0.2, 0.25) is 0 Å². The van der Waals surface area contributed by atoms with Gasteiger partial charge in [-0.05, 0) is 55.3 Å². The molecule has 3 rings (SSSR count). The first-order valence-corrected chi connectivity index (χ1v) is 13.5. The number of likely N-dealkylation sites (N-methyl/N-ethyl adjacent to an activating group) is 1. The van der Waals surface area contributed by atoms with Gasteiger partial charge in [-0.1, -0.05) is 74.9 Å². The zero-order valence-corrected chi connectivity index (χ0v) is 22.6. The number of nitrogens with one attached hydrogen (secondary N) is 3. The van der Waals surface area contributed by atoms with Crippen molar-refractivity contribution in [2.75, 3.05) is 20.1 Å². The Bertz CT molecular complexity index is 1040. The molecule has 0 aliphatic carbocycles. The van der Waals surface area contributed by atoms with Crippen LogP contribution >= 0.6 is 0 Å². The molecular weight excluding hydrogens is 464 g/mol. The lowest BCUT2D eigenvalue weighted by Crippen LogP contribution is -2.57. The molecule has 3 amide bonds. The third-order valence-corrected chi connectivity index (χ3v) is 7.50. The molecule has 37 heavy (non-hydrogen) atoms. The molecule has 0 spiro atoms. The molecule has 2 aromatic rings. The third-order valence-electron chi connectivity index (χ3n) is 7.50. The Hall–Kier alpha value is -3.19. The van der Waals surface area contributed by atoms with Gasteiger partial charge in [-0.15, -0.1) is 0 Å². The summed E-state index contributed by atoms with van der Waals surface area (Å²) in [5, 5.41) is 9.42. The first-order valence-electron chi connectivity index (χ1n) is 13.5. The van der Waals surface area contributed by atoms with Crippen molar-refractivity contribution in [3.8, 4) is 0 Å². The molecule has 1 heterocycles. The fourth-order valence-corrected chi connectivity index (χ4v) is 4.73. The minimum Gasteiger partial charge on any atom is -0.354 e. The summed E-state index contributed by atoms with van der Waals surface area (Å²) in [7, 11) is 1.67. The Morgan fingerprint density at radius 3 is 2.24 bits per heavy atom. The Morgan fingerprint density at radius 2 is 1.57 bits per heavy atom. The Balaban J connectivity index is 1.87. The highest BCUT2D eigenvalue weighted by Gasteiger charge is 2.32. The minimum atomic E-state index is -0.729. The van der Waals surface area contributed by atoms with Gasteiger partial charge in [-0.2, -0.15) is 0 Å². The zero-order valence-electron chi connectivity index (χ0n) is 22.6. The molecule has 0 saturated heterocycles. The van der Waals surface area contributed by atoms with Crippen molar-refractivity contribution in [3.05, 3.63) is 71.3 Å². The molecule has 0 unspecified atom stereocenters. The lowest BCUT2D eigenvalue weighted by Gasteiger charge is -2.32. The highest BCUT2D eigenvalue weighted by Crippen LogP contribution is 2.15. The van der Waals surface area contributed by atoms with Crippen molar-refractivity contribution in [1.82, 2.24) is 20.9 Å². The molecule has 0 radical (unpaired) electrons. The predicted molar refractivity (Wildman–Crippen MR) is 147 cm³/mol. The van der Waals surface area contributed by atoms with E-state index >= 15 is 0 Å². The van der Waals surface area contributed by atoms with Gasteiger partial charge in [-0.25, -0.2) is 0 Å². The summed E-state index contributed by atoms with van der Waals surface area (Å²) in [5.41, 5.74) is 3.47. The molecule has 0 aromatic heterocycles. The van der Waals surface area contributed by atoms with E-state index in [1.54, 1.807) is 14.0 Å². The van der Waals surface area contributed by atoms with Gasteiger partial charge in [0.15, 0.2) is 0 Å². The number of hydrogen-bond donors (Lipinski definition) is 3. The van der Waals surface area contributed by atoms with Gasteiger partial charge >= 0.3 is 0 Å². The quantitative estimate of drug-likeness (QED) is 0.595. The van der Waals surface area contributed by atoms with E-state index in [0.717, 1.165) is 31.2 Å². The van der Waals surface area contributed by atoms with Crippen LogP contribution in [0.5, 0.6) is 0 Å². The summed E-state index contributed by atoms with van der Waals surface area (Å²) in [5.74, 6) is -0.556. The van der Waals surface area contributed by atoms with Crippen LogP contribution in [0.25, 0.3) is 0 Å². The number of carbonyl (C=O) groups is 3. The van der Waals surface area contributed by atoms with E-state index in [2.05, 4.69) is 41.9 Å². The maximum Gasteiger partial charge on any atom is 0.243 e. The molecule has 1 aliphatic heterocycles. The summed E-state index contributed by atoms with van der Waals surface area (Å²) in [4.78, 5) is 41.5. The second kappa shape index (κ2) is 13.9. The van der Waals surface area contributed by atoms with Crippen LogP contribution < -0.4 is 16.0 Å². The highest BCUT2D eigenvalue weighted by molar-refractivity contribution is 5.93. The molecule has 7 heteroatoms. The molecule has 0 bridgehead atoms. The average Bonchev–Trinajstić information content (AvgIpc) is 2.92. The van der Waals surface area contributed by atoms with Crippen LogP contribution in [-0.4, -0.2) is 60.9 Å². The second-order valence-electron chi connectivity index (χ2n) is 10.1. The molecular formula is C30H42N4O3. The molecule has 4 atom stereocenters. The van der Waals surface area contributed by atoms with Gasteiger partial charge in [0.2, 0.25) is 17.7 Å². The summed E-state index contributed by atoms with van der Waals surface area (Å²) in [6, 6.07) is 16.2. The van der Waals surface area contributed by atoms with E-state index in [-0.39, 0.29) is 23.6 Å². The average molecular weight is 507 g/mol. The summed E-state index contributed by atoms with van der Waals surface area (Å²) in [6.07, 6.45) is 3.67. The van der Waals surface area contributed by atoms with Crippen LogP contribution in [0, 0.1) is 5.92 Å². The fraction of sp³-hybridized carbons (Fsp3) is 0.500. The van der Waals surface area contributed by atoms with Crippen LogP contribution in [-0.2, 0) is 33.6 Å². The largest absolute Gasteiger partial charge is 0.354 e. The van der Waals surface area contributed by atoms with Gasteiger partial charge < -0.3 is 20.9 Å². The Morgan fingerprint density at radius 1 is 0.919 bits per heavy atom. The molecule has 7 nitrogen and oxygen atoms in total. The zero-order chi connectivity index (χ0) is 26.8. The second-order valence-corrected chi connectivity index (χ2v) is 10.1. The number of aryl methyl sites for hydroxylation is 1. The molecule has 3 N–H and O–H groups in total. The topological polar surface area (TPSA) is 90.5 Å². The first-order chi connectivity index (χ1) is 17.8. The third kappa shape index (κ3) is 7.89. The molecule has 200 valence electrons. The van der Waals surface area contributed by atoms with E-state index in [9.17, 15) is 14.4 Å². The minimum absolute atomic E-state index is 0.110. The van der Waals surface area contributed by atoms with Crippen molar-refractivity contribution in [2.45, 2.75) is 71.0 Å². The lowest BCUT2D eigenvalue weighted by molar-refractivity contribution is -0.141. The smallest absolute Gasteiger partial charge is 0.243 e. The lowest BCUT2D eigenvalue weighted by atomic mass is 9.96. The Labute approximate surface area is 221 Å². The number of fused-ring (bicyclic) bond motifs is 1. The number of hydrogen-bond acceptors (Lipinski definition) is 4. The number of amides is 3. The van der Waals surface area contributed by atoms with Gasteiger partial charge in [0.25, 0.3) is 0 Å². The van der Waals surface area contributed by atoms with Crippen LogP contribution in [0.3, 0.4) is 0 Å². The van der Waals surface area contributed by atoms with Crippen LogP contribution in [0.15, 0.2) is 54.6 Å². The SMILES string of the molecule is CC[C@H](C)[C@@H]1NCCc2ccccc2CCCNC(=O)[C@@H](Cc2ccccc2)NC(=O)[C@@H](C)N(C)C1=O. The van der Waals surface area contributed by atoms with E-state index < -0.39 is 18.1 Å². The van der Waals surface area contributed by atoms with Crippen LogP contribution in [0.4, 0.5) is 0 Å². The summed E-state index contributed by atoms with van der Waals surface area (Å²) in [6.45, 7) is 7.03. The number of carbonyl (C=O) groups excluding carboxylic acids is 3. The van der Waals surface area contributed by atoms with Gasteiger partial charge in [0.05, 0.1) is 6.04 Å². The summed E-state index contributed by atoms with van der Waals surface area (Å²) < 4.78 is 0. The van der Waals surface area contributed by atoms with Crippen LogP contribution in [0.1, 0.15) is 50.3 Å². The standard InChI is InChI=1S/C30H42N4O3/c1-5-21(2)27-30(37)34(4)22(3)28(35)33-26(20-23-12-7-6-8-13-23)29(36)32-18-11-16-24-14-9-10-15-25(24)17-19-31-27/h6-10,12-15,21-22,26-27,31H,5,11,16-20H2,1-4H3,(H,32,36)(H,33,35)/t21-,22+,26+,27-/m0/s1. The normalized spacial score (nSPS) is 23.4. The van der Waals surface area contributed by atoms with E-state index in [4.69, 9.17) is 0 Å². The number of benzene rings is 2. The van der Waals surface area contributed by atoms with Crippen molar-refractivity contribution in [3.63, 3.8) is 0 Å².